The Morgan fingerprint density at radius 1 is 1.35 bits per heavy atom. The van der Waals surface area contributed by atoms with Crippen molar-refractivity contribution in [3.63, 3.8) is 0 Å². The van der Waals surface area contributed by atoms with E-state index < -0.39 is 0 Å². The molecular formula is C15H24N4O3S. The van der Waals surface area contributed by atoms with Gasteiger partial charge in [-0.2, -0.15) is 0 Å². The summed E-state index contributed by atoms with van der Waals surface area (Å²) in [6.45, 7) is 5.53. The van der Waals surface area contributed by atoms with E-state index in [-0.39, 0.29) is 24.3 Å². The van der Waals surface area contributed by atoms with E-state index in [9.17, 15) is 9.59 Å². The quantitative estimate of drug-likeness (QED) is 0.849. The molecule has 0 aliphatic carbocycles. The Morgan fingerprint density at radius 2 is 2.04 bits per heavy atom. The monoisotopic (exact) mass is 340 g/mol. The fourth-order valence-electron chi connectivity index (χ4n) is 2.55. The Kier molecular flexibility index (Phi) is 6.47. The molecule has 7 nitrogen and oxygen atoms in total. The van der Waals surface area contributed by atoms with Crippen molar-refractivity contribution >= 4 is 28.3 Å². The van der Waals surface area contributed by atoms with Gasteiger partial charge in [-0.1, -0.05) is 25.2 Å². The third kappa shape index (κ3) is 5.24. The molecule has 1 fully saturated rings. The first-order valence-corrected chi connectivity index (χ1v) is 8.71. The third-order valence-corrected chi connectivity index (χ3v) is 4.63. The average Bonchev–Trinajstić information content (AvgIpc) is 2.93. The Labute approximate surface area is 140 Å². The summed E-state index contributed by atoms with van der Waals surface area (Å²) in [4.78, 5) is 25.8. The van der Waals surface area contributed by atoms with Crippen molar-refractivity contribution in [3.8, 4) is 0 Å². The van der Waals surface area contributed by atoms with Crippen molar-refractivity contribution < 1.29 is 14.3 Å². The van der Waals surface area contributed by atoms with E-state index in [2.05, 4.69) is 29.4 Å². The highest BCUT2D eigenvalue weighted by atomic mass is 32.1. The lowest BCUT2D eigenvalue weighted by atomic mass is 9.96. The van der Waals surface area contributed by atoms with Gasteiger partial charge >= 0.3 is 0 Å². The van der Waals surface area contributed by atoms with E-state index in [4.69, 9.17) is 4.74 Å². The van der Waals surface area contributed by atoms with Crippen molar-refractivity contribution in [1.29, 1.82) is 0 Å². The number of methoxy groups -OCH3 is 1. The van der Waals surface area contributed by atoms with Gasteiger partial charge in [-0.3, -0.25) is 9.59 Å². The van der Waals surface area contributed by atoms with Crippen LogP contribution in [0.1, 0.15) is 31.7 Å². The Morgan fingerprint density at radius 3 is 2.65 bits per heavy atom. The second-order valence-corrected chi connectivity index (χ2v) is 7.24. The Bertz CT molecular complexity index is 539. The van der Waals surface area contributed by atoms with Crippen molar-refractivity contribution in [2.75, 3.05) is 32.1 Å². The number of amides is 2. The van der Waals surface area contributed by atoms with Crippen molar-refractivity contribution in [3.05, 3.63) is 5.01 Å². The maximum atomic E-state index is 12.3. The summed E-state index contributed by atoms with van der Waals surface area (Å²) in [5.41, 5.74) is 0. The summed E-state index contributed by atoms with van der Waals surface area (Å²) in [6, 6.07) is 0. The van der Waals surface area contributed by atoms with Gasteiger partial charge in [0.1, 0.15) is 11.6 Å². The van der Waals surface area contributed by atoms with Crippen LogP contribution in [-0.2, 0) is 20.7 Å². The average molecular weight is 340 g/mol. The molecule has 0 unspecified atom stereocenters. The first-order valence-electron chi connectivity index (χ1n) is 7.89. The normalized spacial score (nSPS) is 15.9. The molecule has 1 aromatic rings. The molecule has 2 amide bonds. The maximum absolute atomic E-state index is 12.3. The molecule has 23 heavy (non-hydrogen) atoms. The molecule has 0 saturated carbocycles. The number of hydrogen-bond acceptors (Lipinski definition) is 6. The van der Waals surface area contributed by atoms with E-state index in [1.54, 1.807) is 4.90 Å². The predicted octanol–water partition coefficient (Wildman–Crippen LogP) is 1.56. The number of ether oxygens (including phenoxy) is 1. The number of rotatable bonds is 6. The molecule has 128 valence electrons. The molecule has 8 heteroatoms. The SMILES string of the molecule is COCC(=O)N1CCC(C(=O)Nc2nnc(CC(C)C)s2)CC1. The fourth-order valence-corrected chi connectivity index (χ4v) is 3.50. The maximum Gasteiger partial charge on any atom is 0.248 e. The number of anilines is 1. The lowest BCUT2D eigenvalue weighted by Gasteiger charge is -2.30. The number of nitrogens with zero attached hydrogens (tertiary/aromatic N) is 3. The topological polar surface area (TPSA) is 84.4 Å². The molecule has 0 bridgehead atoms. The summed E-state index contributed by atoms with van der Waals surface area (Å²) in [5, 5.41) is 12.5. The minimum Gasteiger partial charge on any atom is -0.375 e. The predicted molar refractivity (Wildman–Crippen MR) is 88.3 cm³/mol. The van der Waals surface area contributed by atoms with Gasteiger partial charge in [0, 0.05) is 32.5 Å². The summed E-state index contributed by atoms with van der Waals surface area (Å²) in [5.74, 6) is 0.379. The molecule has 0 aromatic carbocycles. The zero-order chi connectivity index (χ0) is 16.8. The van der Waals surface area contributed by atoms with Crippen LogP contribution in [-0.4, -0.2) is 53.7 Å². The van der Waals surface area contributed by atoms with Gasteiger partial charge in [-0.15, -0.1) is 10.2 Å². The second-order valence-electron chi connectivity index (χ2n) is 6.18. The van der Waals surface area contributed by atoms with Crippen LogP contribution in [0.25, 0.3) is 0 Å². The number of carbonyl (C=O) groups is 2. The lowest BCUT2D eigenvalue weighted by Crippen LogP contribution is -2.42. The summed E-state index contributed by atoms with van der Waals surface area (Å²) in [6.07, 6.45) is 2.20. The van der Waals surface area contributed by atoms with Crippen LogP contribution in [0.5, 0.6) is 0 Å². The molecule has 2 rings (SSSR count). The Balaban J connectivity index is 1.81. The zero-order valence-electron chi connectivity index (χ0n) is 13.9. The standard InChI is InChI=1S/C15H24N4O3S/c1-10(2)8-12-17-18-15(23-12)16-14(21)11-4-6-19(7-5-11)13(20)9-22-3/h10-11H,4-9H2,1-3H3,(H,16,18,21). The largest absolute Gasteiger partial charge is 0.375 e. The van der Waals surface area contributed by atoms with E-state index in [1.807, 2.05) is 0 Å². The molecule has 1 N–H and O–H groups in total. The van der Waals surface area contributed by atoms with Crippen LogP contribution < -0.4 is 5.32 Å². The van der Waals surface area contributed by atoms with Gasteiger partial charge in [-0.25, -0.2) is 0 Å². The smallest absolute Gasteiger partial charge is 0.248 e. The molecular weight excluding hydrogens is 316 g/mol. The molecule has 1 saturated heterocycles. The van der Waals surface area contributed by atoms with Gasteiger partial charge in [0.25, 0.3) is 0 Å². The molecule has 2 heterocycles. The van der Waals surface area contributed by atoms with Crippen LogP contribution in [0.2, 0.25) is 0 Å². The lowest BCUT2D eigenvalue weighted by molar-refractivity contribution is -0.138. The minimum atomic E-state index is -0.0842. The van der Waals surface area contributed by atoms with Crippen molar-refractivity contribution in [2.45, 2.75) is 33.1 Å². The van der Waals surface area contributed by atoms with Crippen molar-refractivity contribution in [1.82, 2.24) is 15.1 Å². The number of carbonyl (C=O) groups excluding carboxylic acids is 2. The summed E-state index contributed by atoms with van der Waals surface area (Å²) >= 11 is 1.43. The number of likely N-dealkylation sites (tertiary alicyclic amines) is 1. The van der Waals surface area contributed by atoms with Crippen LogP contribution in [0.3, 0.4) is 0 Å². The fraction of sp³-hybridized carbons (Fsp3) is 0.733. The molecule has 0 atom stereocenters. The zero-order valence-corrected chi connectivity index (χ0v) is 14.7. The van der Waals surface area contributed by atoms with Gasteiger partial charge in [0.15, 0.2) is 0 Å². The number of piperidine rings is 1. The molecule has 1 aromatic heterocycles. The van der Waals surface area contributed by atoms with Crippen LogP contribution in [0.15, 0.2) is 0 Å². The van der Waals surface area contributed by atoms with Gasteiger partial charge < -0.3 is 15.0 Å². The van der Waals surface area contributed by atoms with Crippen LogP contribution in [0.4, 0.5) is 5.13 Å². The molecule has 1 aliphatic heterocycles. The molecule has 1 aliphatic rings. The highest BCUT2D eigenvalue weighted by Crippen LogP contribution is 2.22. The van der Waals surface area contributed by atoms with E-state index in [0.717, 1.165) is 11.4 Å². The third-order valence-electron chi connectivity index (χ3n) is 3.77. The van der Waals surface area contributed by atoms with Crippen LogP contribution >= 0.6 is 11.3 Å². The van der Waals surface area contributed by atoms with E-state index >= 15 is 0 Å². The number of hydrogen-bond donors (Lipinski definition) is 1. The van der Waals surface area contributed by atoms with Crippen LogP contribution in [0, 0.1) is 11.8 Å². The molecule has 0 spiro atoms. The summed E-state index contributed by atoms with van der Waals surface area (Å²) < 4.78 is 4.86. The first-order chi connectivity index (χ1) is 11.0. The minimum absolute atomic E-state index is 0.0196. The summed E-state index contributed by atoms with van der Waals surface area (Å²) in [7, 11) is 1.51. The first kappa shape index (κ1) is 17.8. The van der Waals surface area contributed by atoms with Crippen molar-refractivity contribution in [2.24, 2.45) is 11.8 Å². The van der Waals surface area contributed by atoms with Gasteiger partial charge in [0.2, 0.25) is 16.9 Å². The Hall–Kier alpha value is -1.54. The number of aromatic nitrogens is 2. The highest BCUT2D eigenvalue weighted by Gasteiger charge is 2.27. The van der Waals surface area contributed by atoms with E-state index in [0.29, 0.717) is 37.0 Å². The molecule has 0 radical (unpaired) electrons. The van der Waals surface area contributed by atoms with E-state index in [1.165, 1.54) is 18.4 Å². The highest BCUT2D eigenvalue weighted by molar-refractivity contribution is 7.15. The second kappa shape index (κ2) is 8.35. The van der Waals surface area contributed by atoms with Gasteiger partial charge in [0.05, 0.1) is 0 Å². The number of nitrogens with one attached hydrogen (secondary N) is 1. The van der Waals surface area contributed by atoms with Gasteiger partial charge in [-0.05, 0) is 18.8 Å².